The van der Waals surface area contributed by atoms with Crippen molar-refractivity contribution in [1.82, 2.24) is 0 Å². The standard InChI is InChI=1S/C76H122O6/c1-4-7-10-13-16-19-22-25-27-29-31-32-33-34-35-36-37-38-39-40-41-42-43-44-45-47-48-51-54-57-60-63-66-69-75(78)81-72-73(71-80-74(77)68-65-62-59-56-53-50-24-21-18-15-12-9-6-3)82-76(79)70-67-64-61-58-55-52-49-46-30-28-26-23-20-17-14-11-8-5-2/h7,10,12,15-16,19,21,24-25,27-28,30-32,34-35,37-38,40-41,43-44,47-48,54,57,73H,4-6,8-9,11,13-14,17-18,20,22-23,26,29,33,36,39,42,45-46,49-53,55-56,58-72H2,1-3H3/b10-7-,15-12-,19-16-,24-21-,27-25-,30-28-,32-31-,35-34-,38-37-,41-40-,44-43-,48-47-,57-54-. The van der Waals surface area contributed by atoms with Crippen LogP contribution in [0, 0.1) is 0 Å². The van der Waals surface area contributed by atoms with Gasteiger partial charge in [-0.15, -0.1) is 0 Å². The normalized spacial score (nSPS) is 13.2. The molecule has 6 nitrogen and oxygen atoms in total. The molecule has 0 bridgehead atoms. The molecule has 0 aromatic rings. The summed E-state index contributed by atoms with van der Waals surface area (Å²) >= 11 is 0. The van der Waals surface area contributed by atoms with Crippen molar-refractivity contribution in [2.45, 2.75) is 290 Å². The monoisotopic (exact) mass is 1130 g/mol. The van der Waals surface area contributed by atoms with Gasteiger partial charge in [-0.3, -0.25) is 14.4 Å². The van der Waals surface area contributed by atoms with Gasteiger partial charge in [0.1, 0.15) is 13.2 Å². The number of hydrogen-bond donors (Lipinski definition) is 0. The zero-order chi connectivity index (χ0) is 59.2. The molecular weight excluding hydrogens is 1010 g/mol. The molecule has 0 aliphatic heterocycles. The number of hydrogen-bond acceptors (Lipinski definition) is 6. The third-order valence-electron chi connectivity index (χ3n) is 13.7. The molecule has 1 unspecified atom stereocenters. The second-order valence-corrected chi connectivity index (χ2v) is 21.6. The molecule has 0 saturated carbocycles. The van der Waals surface area contributed by atoms with E-state index in [2.05, 4.69) is 179 Å². The van der Waals surface area contributed by atoms with Crippen LogP contribution in [0.1, 0.15) is 284 Å². The molecule has 82 heavy (non-hydrogen) atoms. The molecular formula is C76H122O6. The predicted molar refractivity (Wildman–Crippen MR) is 357 cm³/mol. The van der Waals surface area contributed by atoms with E-state index in [1.165, 1.54) is 89.9 Å². The van der Waals surface area contributed by atoms with Crippen LogP contribution in [-0.2, 0) is 28.6 Å². The van der Waals surface area contributed by atoms with Crippen LogP contribution in [-0.4, -0.2) is 37.2 Å². The molecule has 0 aliphatic carbocycles. The van der Waals surface area contributed by atoms with E-state index in [1.54, 1.807) is 0 Å². The summed E-state index contributed by atoms with van der Waals surface area (Å²) in [5.41, 5.74) is 0. The summed E-state index contributed by atoms with van der Waals surface area (Å²) in [6, 6.07) is 0. The van der Waals surface area contributed by atoms with Gasteiger partial charge in [-0.2, -0.15) is 0 Å². The fourth-order valence-corrected chi connectivity index (χ4v) is 8.74. The summed E-state index contributed by atoms with van der Waals surface area (Å²) < 4.78 is 16.9. The maximum atomic E-state index is 12.9. The lowest BCUT2D eigenvalue weighted by atomic mass is 10.1. The Morgan fingerprint density at radius 3 is 0.829 bits per heavy atom. The van der Waals surface area contributed by atoms with Crippen LogP contribution in [0.3, 0.4) is 0 Å². The van der Waals surface area contributed by atoms with E-state index in [0.29, 0.717) is 25.7 Å². The Hall–Kier alpha value is -4.97. The summed E-state index contributed by atoms with van der Waals surface area (Å²) in [5, 5.41) is 0. The van der Waals surface area contributed by atoms with Crippen LogP contribution in [0.4, 0.5) is 0 Å². The van der Waals surface area contributed by atoms with E-state index in [4.69, 9.17) is 14.2 Å². The number of carbonyl (C=O) groups excluding carboxylic acids is 3. The van der Waals surface area contributed by atoms with Crippen molar-refractivity contribution in [3.63, 3.8) is 0 Å². The van der Waals surface area contributed by atoms with Crippen molar-refractivity contribution in [1.29, 1.82) is 0 Å². The summed E-state index contributed by atoms with van der Waals surface area (Å²) in [6.07, 6.45) is 99.7. The Balaban J connectivity index is 4.41. The average molecular weight is 1130 g/mol. The maximum absolute atomic E-state index is 12.9. The lowest BCUT2D eigenvalue weighted by molar-refractivity contribution is -0.167. The zero-order valence-electron chi connectivity index (χ0n) is 52.9. The number of allylic oxidation sites excluding steroid dienone is 26. The van der Waals surface area contributed by atoms with E-state index < -0.39 is 6.10 Å². The van der Waals surface area contributed by atoms with Gasteiger partial charge in [0.05, 0.1) is 0 Å². The third kappa shape index (κ3) is 65.8. The number of ether oxygens (including phenoxy) is 3. The summed E-state index contributed by atoms with van der Waals surface area (Å²) in [4.78, 5) is 38.3. The first kappa shape index (κ1) is 77.0. The van der Waals surface area contributed by atoms with Crippen LogP contribution in [0.5, 0.6) is 0 Å². The van der Waals surface area contributed by atoms with Crippen molar-refractivity contribution in [3.8, 4) is 0 Å². The maximum Gasteiger partial charge on any atom is 0.306 e. The molecule has 0 N–H and O–H groups in total. The van der Waals surface area contributed by atoms with Gasteiger partial charge in [-0.25, -0.2) is 0 Å². The highest BCUT2D eigenvalue weighted by molar-refractivity contribution is 5.71. The minimum Gasteiger partial charge on any atom is -0.462 e. The molecule has 0 radical (unpaired) electrons. The molecule has 0 aromatic carbocycles. The molecule has 0 aliphatic rings. The van der Waals surface area contributed by atoms with Crippen LogP contribution in [0.15, 0.2) is 158 Å². The highest BCUT2D eigenvalue weighted by atomic mass is 16.6. The Bertz CT molecular complexity index is 1830. The van der Waals surface area contributed by atoms with Gasteiger partial charge in [0.25, 0.3) is 0 Å². The molecule has 0 rings (SSSR count). The van der Waals surface area contributed by atoms with E-state index in [1.807, 2.05) is 0 Å². The number of rotatable bonds is 59. The van der Waals surface area contributed by atoms with E-state index in [9.17, 15) is 14.4 Å². The average Bonchev–Trinajstić information content (AvgIpc) is 3.47. The minimum atomic E-state index is -0.812. The fourth-order valence-electron chi connectivity index (χ4n) is 8.74. The van der Waals surface area contributed by atoms with E-state index in [-0.39, 0.29) is 31.1 Å². The van der Waals surface area contributed by atoms with E-state index >= 15 is 0 Å². The van der Waals surface area contributed by atoms with E-state index in [0.717, 1.165) is 148 Å². The third-order valence-corrected chi connectivity index (χ3v) is 13.7. The lowest BCUT2D eigenvalue weighted by Crippen LogP contribution is -2.30. The molecule has 0 heterocycles. The lowest BCUT2D eigenvalue weighted by Gasteiger charge is -2.18. The summed E-state index contributed by atoms with van der Waals surface area (Å²) in [6.45, 7) is 6.41. The summed E-state index contributed by atoms with van der Waals surface area (Å²) in [7, 11) is 0. The van der Waals surface area contributed by atoms with Gasteiger partial charge in [-0.1, -0.05) is 275 Å². The van der Waals surface area contributed by atoms with Gasteiger partial charge in [0, 0.05) is 19.3 Å². The molecule has 1 atom stereocenters. The minimum absolute atomic E-state index is 0.106. The number of unbranched alkanes of at least 4 members (excludes halogenated alkanes) is 22. The molecule has 462 valence electrons. The van der Waals surface area contributed by atoms with Crippen LogP contribution in [0.25, 0.3) is 0 Å². The van der Waals surface area contributed by atoms with Crippen molar-refractivity contribution in [2.75, 3.05) is 13.2 Å². The number of esters is 3. The van der Waals surface area contributed by atoms with Gasteiger partial charge in [-0.05, 0) is 148 Å². The molecule has 0 spiro atoms. The highest BCUT2D eigenvalue weighted by Gasteiger charge is 2.19. The molecule has 6 heteroatoms. The SMILES string of the molecule is CC/C=C\C/C=C\C/C=C\C/C=C\C/C=C\C/C=C\C/C=C\C/C=C\C/C=C\C/C=C\CCCCC(=O)OCC(COC(=O)CCCCCCC/C=C\C/C=C\CCC)OC(=O)CCCCCCCCC/C=C\CCCCCCCCC. The zero-order valence-corrected chi connectivity index (χ0v) is 52.9. The molecule has 0 aromatic heterocycles. The van der Waals surface area contributed by atoms with Crippen molar-refractivity contribution in [2.24, 2.45) is 0 Å². The quantitative estimate of drug-likeness (QED) is 0.0261. The topological polar surface area (TPSA) is 78.9 Å². The van der Waals surface area contributed by atoms with Crippen LogP contribution >= 0.6 is 0 Å². The van der Waals surface area contributed by atoms with Crippen molar-refractivity contribution < 1.29 is 28.6 Å². The smallest absolute Gasteiger partial charge is 0.306 e. The highest BCUT2D eigenvalue weighted by Crippen LogP contribution is 2.14. The molecule has 0 amide bonds. The first-order valence-corrected chi connectivity index (χ1v) is 33.5. The van der Waals surface area contributed by atoms with Gasteiger partial charge in [0.2, 0.25) is 0 Å². The first-order chi connectivity index (χ1) is 40.5. The van der Waals surface area contributed by atoms with Crippen molar-refractivity contribution >= 4 is 17.9 Å². The van der Waals surface area contributed by atoms with Gasteiger partial charge >= 0.3 is 17.9 Å². The predicted octanol–water partition coefficient (Wildman–Crippen LogP) is 23.3. The molecule has 0 fully saturated rings. The Morgan fingerprint density at radius 1 is 0.256 bits per heavy atom. The second-order valence-electron chi connectivity index (χ2n) is 21.6. The number of carbonyl (C=O) groups is 3. The van der Waals surface area contributed by atoms with Gasteiger partial charge in [0.15, 0.2) is 6.10 Å². The second kappa shape index (κ2) is 68.5. The first-order valence-electron chi connectivity index (χ1n) is 33.5. The summed E-state index contributed by atoms with van der Waals surface area (Å²) in [5.74, 6) is -0.969. The molecule has 0 saturated heterocycles. The Morgan fingerprint density at radius 2 is 0.500 bits per heavy atom. The van der Waals surface area contributed by atoms with Crippen molar-refractivity contribution in [3.05, 3.63) is 158 Å². The fraction of sp³-hybridized carbons (Fsp3) is 0.618. The Labute approximate surface area is 505 Å². The van der Waals surface area contributed by atoms with Crippen LogP contribution in [0.2, 0.25) is 0 Å². The van der Waals surface area contributed by atoms with Gasteiger partial charge < -0.3 is 14.2 Å². The Kier molecular flexibility index (Phi) is 64.4. The largest absolute Gasteiger partial charge is 0.462 e. The van der Waals surface area contributed by atoms with Crippen LogP contribution < -0.4 is 0 Å².